The van der Waals surface area contributed by atoms with Crippen LogP contribution in [-0.2, 0) is 11.2 Å². The molecule has 0 aliphatic heterocycles. The van der Waals surface area contributed by atoms with Crippen LogP contribution >= 0.6 is 0 Å². The highest BCUT2D eigenvalue weighted by molar-refractivity contribution is 5.91. The first-order valence-electron chi connectivity index (χ1n) is 5.18. The van der Waals surface area contributed by atoms with Crippen LogP contribution in [0, 0.1) is 13.5 Å². The van der Waals surface area contributed by atoms with E-state index >= 15 is 0 Å². The molecular weight excluding hydrogens is 186 g/mol. The van der Waals surface area contributed by atoms with E-state index in [1.54, 1.807) is 13.7 Å². The second kappa shape index (κ2) is 5.66. The number of methoxy groups -OCH3 is 1. The van der Waals surface area contributed by atoms with Gasteiger partial charge in [-0.25, -0.2) is 0 Å². The summed E-state index contributed by atoms with van der Waals surface area (Å²) in [6.45, 7) is 7.82. The maximum Gasteiger partial charge on any atom is 0.126 e. The normalized spacial score (nSPS) is 11.9. The summed E-state index contributed by atoms with van der Waals surface area (Å²) >= 11 is 0. The predicted octanol–water partition coefficient (Wildman–Crippen LogP) is 3.46. The molecule has 0 aliphatic rings. The Kier molecular flexibility index (Phi) is 4.50. The summed E-state index contributed by atoms with van der Waals surface area (Å²) in [5, 5.41) is 0. The minimum absolute atomic E-state index is 0.890. The number of benzene rings is 1. The molecule has 2 heteroatoms. The van der Waals surface area contributed by atoms with Gasteiger partial charge in [0.1, 0.15) is 6.61 Å². The molecule has 1 aromatic rings. The molecule has 0 spiro atoms. The van der Waals surface area contributed by atoms with Crippen LogP contribution in [0.15, 0.2) is 23.2 Å². The van der Waals surface area contributed by atoms with Crippen molar-refractivity contribution < 1.29 is 4.74 Å². The Morgan fingerprint density at radius 2 is 2.20 bits per heavy atom. The van der Waals surface area contributed by atoms with E-state index in [0.717, 1.165) is 17.8 Å². The van der Waals surface area contributed by atoms with Gasteiger partial charge in [-0.2, -0.15) is 0 Å². The lowest BCUT2D eigenvalue weighted by atomic mass is 10.1. The molecular formula is C13H18NO. The van der Waals surface area contributed by atoms with Crippen LogP contribution in [0.4, 0.5) is 5.69 Å². The minimum Gasteiger partial charge on any atom is -0.372 e. The molecule has 0 amide bonds. The zero-order valence-electron chi connectivity index (χ0n) is 9.87. The average molecular weight is 204 g/mol. The zero-order valence-corrected chi connectivity index (χ0v) is 9.87. The van der Waals surface area contributed by atoms with Crippen molar-refractivity contribution >= 4 is 11.4 Å². The molecule has 0 saturated carbocycles. The lowest BCUT2D eigenvalue weighted by molar-refractivity contribution is 0.305. The highest BCUT2D eigenvalue weighted by Crippen LogP contribution is 2.24. The molecule has 15 heavy (non-hydrogen) atoms. The molecule has 0 bridgehead atoms. The summed E-state index contributed by atoms with van der Waals surface area (Å²) in [5.41, 5.74) is 4.45. The van der Waals surface area contributed by atoms with Gasteiger partial charge in [0, 0.05) is 12.8 Å². The molecule has 81 valence electrons. The first-order valence-corrected chi connectivity index (χ1v) is 5.18. The first kappa shape index (κ1) is 11.9. The number of aliphatic imine (C=N–C) groups is 1. The molecule has 0 N–H and O–H groups in total. The number of hydrogen-bond acceptors (Lipinski definition) is 2. The van der Waals surface area contributed by atoms with Crippen LogP contribution in [-0.4, -0.2) is 12.8 Å². The van der Waals surface area contributed by atoms with Crippen molar-refractivity contribution in [2.75, 3.05) is 7.11 Å². The fraction of sp³-hybridized carbons (Fsp3) is 0.385. The van der Waals surface area contributed by atoms with Gasteiger partial charge in [-0.3, -0.25) is 4.99 Å². The van der Waals surface area contributed by atoms with Gasteiger partial charge in [0.2, 0.25) is 0 Å². The van der Waals surface area contributed by atoms with Crippen molar-refractivity contribution in [3.05, 3.63) is 35.9 Å². The first-order chi connectivity index (χ1) is 7.19. The number of hydrogen-bond donors (Lipinski definition) is 0. The van der Waals surface area contributed by atoms with Crippen molar-refractivity contribution in [2.24, 2.45) is 4.99 Å². The van der Waals surface area contributed by atoms with Crippen LogP contribution in [0.2, 0.25) is 0 Å². The molecule has 1 radical (unpaired) electrons. The fourth-order valence-electron chi connectivity index (χ4n) is 1.54. The standard InChI is InChI=1S/C13H18NO/c1-5-12-8-6-7-10(2)13(12)14-11(3)9-15-4/h6-9H,5H2,1-4H3. The summed E-state index contributed by atoms with van der Waals surface area (Å²) < 4.78 is 4.93. The highest BCUT2D eigenvalue weighted by Gasteiger charge is 2.03. The van der Waals surface area contributed by atoms with E-state index in [4.69, 9.17) is 4.74 Å². The van der Waals surface area contributed by atoms with Gasteiger partial charge in [0.25, 0.3) is 0 Å². The van der Waals surface area contributed by atoms with Crippen LogP contribution in [0.5, 0.6) is 0 Å². The number of para-hydroxylation sites is 1. The van der Waals surface area contributed by atoms with Crippen LogP contribution < -0.4 is 0 Å². The third-order valence-corrected chi connectivity index (χ3v) is 2.28. The number of rotatable bonds is 4. The zero-order chi connectivity index (χ0) is 11.3. The van der Waals surface area contributed by atoms with E-state index in [0.29, 0.717) is 0 Å². The molecule has 0 atom stereocenters. The maximum absolute atomic E-state index is 4.93. The van der Waals surface area contributed by atoms with Crippen LogP contribution in [0.3, 0.4) is 0 Å². The highest BCUT2D eigenvalue weighted by atomic mass is 16.5. The Balaban J connectivity index is 3.06. The molecule has 0 saturated heterocycles. The summed E-state index contributed by atoms with van der Waals surface area (Å²) in [6.07, 6.45) is 1.00. The van der Waals surface area contributed by atoms with Gasteiger partial charge in [-0.1, -0.05) is 25.1 Å². The fourth-order valence-corrected chi connectivity index (χ4v) is 1.54. The van der Waals surface area contributed by atoms with E-state index in [2.05, 4.69) is 37.0 Å². The van der Waals surface area contributed by atoms with Crippen molar-refractivity contribution in [3.8, 4) is 0 Å². The molecule has 0 heterocycles. The Bertz CT molecular complexity index is 356. The molecule has 2 nitrogen and oxygen atoms in total. The van der Waals surface area contributed by atoms with Crippen molar-refractivity contribution in [2.45, 2.75) is 27.2 Å². The molecule has 0 fully saturated rings. The van der Waals surface area contributed by atoms with E-state index < -0.39 is 0 Å². The summed E-state index contributed by atoms with van der Waals surface area (Å²) in [7, 11) is 1.64. The quantitative estimate of drug-likeness (QED) is 0.688. The number of aryl methyl sites for hydroxylation is 2. The molecule has 0 unspecified atom stereocenters. The SMILES string of the molecule is CCc1cccc(C)c1N=C(C)[CH]OC. The van der Waals surface area contributed by atoms with Crippen LogP contribution in [0.25, 0.3) is 0 Å². The smallest absolute Gasteiger partial charge is 0.126 e. The van der Waals surface area contributed by atoms with E-state index in [9.17, 15) is 0 Å². The Morgan fingerprint density at radius 3 is 2.80 bits per heavy atom. The van der Waals surface area contributed by atoms with Gasteiger partial charge < -0.3 is 4.74 Å². The van der Waals surface area contributed by atoms with Gasteiger partial charge in [-0.05, 0) is 31.4 Å². The molecule has 0 aromatic heterocycles. The van der Waals surface area contributed by atoms with Gasteiger partial charge in [0.05, 0.1) is 5.69 Å². The Hall–Kier alpha value is -1.15. The van der Waals surface area contributed by atoms with Gasteiger partial charge in [-0.15, -0.1) is 0 Å². The third-order valence-electron chi connectivity index (χ3n) is 2.28. The monoisotopic (exact) mass is 204 g/mol. The summed E-state index contributed by atoms with van der Waals surface area (Å²) in [6, 6.07) is 6.27. The number of nitrogens with zero attached hydrogens (tertiary/aromatic N) is 1. The number of ether oxygens (including phenoxy) is 1. The van der Waals surface area contributed by atoms with Gasteiger partial charge >= 0.3 is 0 Å². The largest absolute Gasteiger partial charge is 0.372 e. The Morgan fingerprint density at radius 1 is 1.47 bits per heavy atom. The van der Waals surface area contributed by atoms with Crippen molar-refractivity contribution in [1.29, 1.82) is 0 Å². The summed E-state index contributed by atoms with van der Waals surface area (Å²) in [5.74, 6) is 0. The lowest BCUT2D eigenvalue weighted by Gasteiger charge is -2.07. The molecule has 0 aliphatic carbocycles. The molecule has 1 aromatic carbocycles. The van der Waals surface area contributed by atoms with E-state index in [-0.39, 0.29) is 0 Å². The Labute approximate surface area is 92.0 Å². The topological polar surface area (TPSA) is 21.6 Å². The van der Waals surface area contributed by atoms with Crippen LogP contribution in [0.1, 0.15) is 25.0 Å². The lowest BCUT2D eigenvalue weighted by Crippen LogP contribution is -1.95. The minimum atomic E-state index is 0.890. The second-order valence-corrected chi connectivity index (χ2v) is 3.54. The second-order valence-electron chi connectivity index (χ2n) is 3.54. The predicted molar refractivity (Wildman–Crippen MR) is 64.6 cm³/mol. The molecule has 1 rings (SSSR count). The van der Waals surface area contributed by atoms with Crippen molar-refractivity contribution in [3.63, 3.8) is 0 Å². The van der Waals surface area contributed by atoms with Gasteiger partial charge in [0.15, 0.2) is 0 Å². The average Bonchev–Trinajstić information content (AvgIpc) is 2.21. The summed E-state index contributed by atoms with van der Waals surface area (Å²) in [4.78, 5) is 4.56. The third kappa shape index (κ3) is 3.17. The van der Waals surface area contributed by atoms with Crippen molar-refractivity contribution in [1.82, 2.24) is 0 Å². The van der Waals surface area contributed by atoms with E-state index in [1.165, 1.54) is 11.1 Å². The van der Waals surface area contributed by atoms with E-state index in [1.807, 2.05) is 6.92 Å². The maximum atomic E-state index is 4.93.